The van der Waals surface area contributed by atoms with Gasteiger partial charge in [0.1, 0.15) is 17.3 Å². The number of aromatic nitrogens is 4. The van der Waals surface area contributed by atoms with Gasteiger partial charge in [0.15, 0.2) is 5.82 Å². The zero-order valence-electron chi connectivity index (χ0n) is 12.2. The second-order valence-corrected chi connectivity index (χ2v) is 4.95. The third-order valence-corrected chi connectivity index (χ3v) is 3.06. The minimum absolute atomic E-state index is 0.289. The van der Waals surface area contributed by atoms with Gasteiger partial charge < -0.3 is 9.88 Å². The van der Waals surface area contributed by atoms with Crippen LogP contribution in [0.15, 0.2) is 12.4 Å². The van der Waals surface area contributed by atoms with Gasteiger partial charge in [0.25, 0.3) is 0 Å². The predicted molar refractivity (Wildman–Crippen MR) is 77.2 cm³/mol. The lowest BCUT2D eigenvalue weighted by Crippen LogP contribution is -2.10. The highest BCUT2D eigenvalue weighted by molar-refractivity contribution is 5.63. The topological polar surface area (TPSA) is 55.6 Å². The summed E-state index contributed by atoms with van der Waals surface area (Å²) in [6.07, 6.45) is 3.72. The van der Waals surface area contributed by atoms with Crippen LogP contribution < -0.4 is 5.32 Å². The highest BCUT2D eigenvalue weighted by Gasteiger charge is 2.16. The van der Waals surface area contributed by atoms with Gasteiger partial charge in [0.2, 0.25) is 0 Å². The molecule has 0 bridgehead atoms. The summed E-state index contributed by atoms with van der Waals surface area (Å²) in [6.45, 7) is 9.14. The monoisotopic (exact) mass is 259 g/mol. The summed E-state index contributed by atoms with van der Waals surface area (Å²) in [5.74, 6) is 2.91. The van der Waals surface area contributed by atoms with Gasteiger partial charge in [-0.3, -0.25) is 0 Å². The summed E-state index contributed by atoms with van der Waals surface area (Å²) in [7, 11) is 1.98. The van der Waals surface area contributed by atoms with Crippen molar-refractivity contribution in [3.05, 3.63) is 23.8 Å². The van der Waals surface area contributed by atoms with Crippen LogP contribution in [-0.4, -0.2) is 26.1 Å². The van der Waals surface area contributed by atoms with E-state index in [1.807, 2.05) is 24.7 Å². The first-order valence-corrected chi connectivity index (χ1v) is 6.64. The predicted octanol–water partition coefficient (Wildman–Crippen LogP) is 2.74. The summed E-state index contributed by atoms with van der Waals surface area (Å²) in [4.78, 5) is 13.7. The Hall–Kier alpha value is -1.91. The number of imidazole rings is 1. The third kappa shape index (κ3) is 2.59. The van der Waals surface area contributed by atoms with Gasteiger partial charge in [0.05, 0.1) is 0 Å². The van der Waals surface area contributed by atoms with E-state index < -0.39 is 0 Å². The van der Waals surface area contributed by atoms with E-state index in [1.165, 1.54) is 0 Å². The van der Waals surface area contributed by atoms with Crippen molar-refractivity contribution in [3.8, 4) is 11.5 Å². The van der Waals surface area contributed by atoms with Crippen LogP contribution in [0, 0.1) is 6.92 Å². The Balaban J connectivity index is 2.62. The minimum Gasteiger partial charge on any atom is -0.370 e. The zero-order valence-corrected chi connectivity index (χ0v) is 12.2. The molecule has 2 aromatic rings. The largest absolute Gasteiger partial charge is 0.370 e. The van der Waals surface area contributed by atoms with Crippen molar-refractivity contribution in [2.24, 2.45) is 7.05 Å². The Morgan fingerprint density at radius 3 is 2.58 bits per heavy atom. The number of rotatable bonds is 4. The Labute approximate surface area is 114 Å². The van der Waals surface area contributed by atoms with Crippen molar-refractivity contribution in [1.82, 2.24) is 19.5 Å². The molecule has 0 radical (unpaired) electrons. The van der Waals surface area contributed by atoms with Crippen molar-refractivity contribution in [3.63, 3.8) is 0 Å². The molecule has 0 saturated heterocycles. The molecule has 0 aliphatic heterocycles. The molecule has 2 aromatic heterocycles. The molecule has 0 aliphatic carbocycles. The Morgan fingerprint density at radius 2 is 2.05 bits per heavy atom. The van der Waals surface area contributed by atoms with Gasteiger partial charge in [-0.15, -0.1) is 0 Å². The van der Waals surface area contributed by atoms with E-state index in [0.29, 0.717) is 0 Å². The van der Waals surface area contributed by atoms with E-state index in [1.54, 1.807) is 6.20 Å². The summed E-state index contributed by atoms with van der Waals surface area (Å²) >= 11 is 0. The van der Waals surface area contributed by atoms with Crippen LogP contribution in [0.2, 0.25) is 0 Å². The molecule has 19 heavy (non-hydrogen) atoms. The van der Waals surface area contributed by atoms with E-state index in [9.17, 15) is 0 Å². The molecule has 5 heteroatoms. The average Bonchev–Trinajstić information content (AvgIpc) is 2.78. The van der Waals surface area contributed by atoms with Gasteiger partial charge in [0, 0.05) is 37.5 Å². The first-order valence-electron chi connectivity index (χ1n) is 6.64. The van der Waals surface area contributed by atoms with Crippen LogP contribution in [-0.2, 0) is 7.05 Å². The molecule has 0 aromatic carbocycles. The lowest BCUT2D eigenvalue weighted by atomic mass is 10.1. The van der Waals surface area contributed by atoms with Gasteiger partial charge >= 0.3 is 0 Å². The van der Waals surface area contributed by atoms with Crippen LogP contribution in [0.4, 0.5) is 5.82 Å². The van der Waals surface area contributed by atoms with E-state index in [-0.39, 0.29) is 5.92 Å². The fourth-order valence-corrected chi connectivity index (χ4v) is 1.94. The molecule has 5 nitrogen and oxygen atoms in total. The summed E-state index contributed by atoms with van der Waals surface area (Å²) in [6, 6.07) is 0. The molecule has 0 aliphatic rings. The molecule has 0 spiro atoms. The number of nitrogens with one attached hydrogen (secondary N) is 1. The summed E-state index contributed by atoms with van der Waals surface area (Å²) in [5, 5.41) is 3.30. The van der Waals surface area contributed by atoms with Gasteiger partial charge in [-0.25, -0.2) is 15.0 Å². The fourth-order valence-electron chi connectivity index (χ4n) is 1.94. The van der Waals surface area contributed by atoms with Crippen molar-refractivity contribution in [2.45, 2.75) is 33.6 Å². The second-order valence-electron chi connectivity index (χ2n) is 4.95. The number of aryl methyl sites for hydroxylation is 1. The summed E-state index contributed by atoms with van der Waals surface area (Å²) in [5.41, 5.74) is 1.95. The molecule has 0 saturated carbocycles. The molecule has 102 valence electrons. The minimum atomic E-state index is 0.289. The van der Waals surface area contributed by atoms with Crippen LogP contribution in [0.5, 0.6) is 0 Å². The number of nitrogens with zero attached hydrogens (tertiary/aromatic N) is 4. The SMILES string of the molecule is CCNc1nc(C(C)C)nc(-c2nccn2C)c1C. The van der Waals surface area contributed by atoms with Gasteiger partial charge in [-0.1, -0.05) is 13.8 Å². The molecule has 0 fully saturated rings. The van der Waals surface area contributed by atoms with E-state index in [2.05, 4.69) is 41.0 Å². The second kappa shape index (κ2) is 5.38. The Kier molecular flexibility index (Phi) is 3.83. The highest BCUT2D eigenvalue weighted by atomic mass is 15.1. The highest BCUT2D eigenvalue weighted by Crippen LogP contribution is 2.26. The maximum atomic E-state index is 4.68. The van der Waals surface area contributed by atoms with Crippen LogP contribution in [0.25, 0.3) is 11.5 Å². The molecule has 2 rings (SSSR count). The molecule has 0 atom stereocenters. The standard InChI is InChI=1S/C14H21N5/c1-6-15-13-10(4)11(14-16-7-8-19(14)5)17-12(18-13)9(2)3/h7-9H,6H2,1-5H3,(H,15,17,18). The molecule has 2 heterocycles. The Bertz CT molecular complexity index is 571. The van der Waals surface area contributed by atoms with Crippen molar-refractivity contribution >= 4 is 5.82 Å². The first-order chi connectivity index (χ1) is 9.04. The smallest absolute Gasteiger partial charge is 0.158 e. The number of anilines is 1. The lowest BCUT2D eigenvalue weighted by molar-refractivity contribution is 0.770. The van der Waals surface area contributed by atoms with Crippen LogP contribution in [0.3, 0.4) is 0 Å². The first kappa shape index (κ1) is 13.5. The molecular weight excluding hydrogens is 238 g/mol. The molecule has 0 unspecified atom stereocenters. The fraction of sp³-hybridized carbons (Fsp3) is 0.500. The number of hydrogen-bond acceptors (Lipinski definition) is 4. The van der Waals surface area contributed by atoms with Crippen molar-refractivity contribution in [2.75, 3.05) is 11.9 Å². The summed E-state index contributed by atoms with van der Waals surface area (Å²) < 4.78 is 1.98. The maximum Gasteiger partial charge on any atom is 0.158 e. The van der Waals surface area contributed by atoms with Gasteiger partial charge in [-0.05, 0) is 13.8 Å². The van der Waals surface area contributed by atoms with E-state index >= 15 is 0 Å². The quantitative estimate of drug-likeness (QED) is 0.917. The zero-order chi connectivity index (χ0) is 14.0. The molecular formula is C14H21N5. The molecule has 1 N–H and O–H groups in total. The normalized spacial score (nSPS) is 11.1. The lowest BCUT2D eigenvalue weighted by Gasteiger charge is -2.14. The van der Waals surface area contributed by atoms with Gasteiger partial charge in [-0.2, -0.15) is 0 Å². The number of hydrogen-bond donors (Lipinski definition) is 1. The van der Waals surface area contributed by atoms with Crippen LogP contribution in [0.1, 0.15) is 38.1 Å². The third-order valence-electron chi connectivity index (χ3n) is 3.06. The molecule has 0 amide bonds. The maximum absolute atomic E-state index is 4.68. The van der Waals surface area contributed by atoms with Crippen molar-refractivity contribution in [1.29, 1.82) is 0 Å². The average molecular weight is 259 g/mol. The Morgan fingerprint density at radius 1 is 1.32 bits per heavy atom. The van der Waals surface area contributed by atoms with Crippen LogP contribution >= 0.6 is 0 Å². The van der Waals surface area contributed by atoms with E-state index in [4.69, 9.17) is 0 Å². The van der Waals surface area contributed by atoms with Crippen molar-refractivity contribution < 1.29 is 0 Å². The van der Waals surface area contributed by atoms with E-state index in [0.717, 1.165) is 35.3 Å².